The lowest BCUT2D eigenvalue weighted by molar-refractivity contribution is 0.318. The molecule has 15 heavy (non-hydrogen) atoms. The zero-order valence-corrected chi connectivity index (χ0v) is 9.19. The van der Waals surface area contributed by atoms with Gasteiger partial charge in [-0.25, -0.2) is 0 Å². The van der Waals surface area contributed by atoms with Crippen LogP contribution >= 0.6 is 0 Å². The molecule has 0 saturated heterocycles. The molecule has 0 aliphatic heterocycles. The Hall–Kier alpha value is -1.71. The van der Waals surface area contributed by atoms with E-state index in [1.54, 1.807) is 13.2 Å². The van der Waals surface area contributed by atoms with E-state index in [9.17, 15) is 0 Å². The van der Waals surface area contributed by atoms with Crippen molar-refractivity contribution in [3.63, 3.8) is 0 Å². The van der Waals surface area contributed by atoms with E-state index in [-0.39, 0.29) is 5.84 Å². The van der Waals surface area contributed by atoms with Crippen molar-refractivity contribution in [3.05, 3.63) is 29.3 Å². The molecule has 0 amide bonds. The van der Waals surface area contributed by atoms with Crippen molar-refractivity contribution < 1.29 is 9.94 Å². The van der Waals surface area contributed by atoms with Gasteiger partial charge in [0.1, 0.15) is 5.75 Å². The van der Waals surface area contributed by atoms with Crippen molar-refractivity contribution in [3.8, 4) is 5.75 Å². The normalized spacial score (nSPS) is 11.9. The minimum Gasteiger partial charge on any atom is -0.496 e. The number of hydrogen-bond donors (Lipinski definition) is 2. The summed E-state index contributed by atoms with van der Waals surface area (Å²) in [6.07, 6.45) is 0. The summed E-state index contributed by atoms with van der Waals surface area (Å²) in [6, 6.07) is 5.64. The third-order valence-electron chi connectivity index (χ3n) is 2.28. The highest BCUT2D eigenvalue weighted by Gasteiger charge is 2.09. The van der Waals surface area contributed by atoms with Crippen molar-refractivity contribution in [2.75, 3.05) is 7.11 Å². The van der Waals surface area contributed by atoms with Crippen molar-refractivity contribution in [2.24, 2.45) is 10.9 Å². The molecular weight excluding hydrogens is 192 g/mol. The van der Waals surface area contributed by atoms with Crippen molar-refractivity contribution in [1.82, 2.24) is 0 Å². The minimum absolute atomic E-state index is 0.0576. The topological polar surface area (TPSA) is 67.8 Å². The number of hydrogen-bond acceptors (Lipinski definition) is 3. The fraction of sp³-hybridized carbons (Fsp3) is 0.364. The molecule has 0 radical (unpaired) electrons. The lowest BCUT2D eigenvalue weighted by Crippen LogP contribution is -2.14. The second-order valence-electron chi connectivity index (χ2n) is 3.60. The standard InChI is InChI=1S/C11H16N2O2/c1-7(2)8-4-5-9(11(12)13-14)10(6-8)15-3/h4-7,14H,1-3H3,(H2,12,13). The summed E-state index contributed by atoms with van der Waals surface area (Å²) in [5.74, 6) is 1.10. The highest BCUT2D eigenvalue weighted by atomic mass is 16.5. The lowest BCUT2D eigenvalue weighted by atomic mass is 10.0. The predicted molar refractivity (Wildman–Crippen MR) is 59.6 cm³/mol. The number of ether oxygens (including phenoxy) is 1. The van der Waals surface area contributed by atoms with Crippen LogP contribution < -0.4 is 10.5 Å². The van der Waals surface area contributed by atoms with Gasteiger partial charge >= 0.3 is 0 Å². The Bertz CT molecular complexity index is 373. The average molecular weight is 208 g/mol. The Morgan fingerprint density at radius 2 is 2.13 bits per heavy atom. The van der Waals surface area contributed by atoms with E-state index in [4.69, 9.17) is 15.7 Å². The molecule has 0 saturated carbocycles. The highest BCUT2D eigenvalue weighted by Crippen LogP contribution is 2.24. The van der Waals surface area contributed by atoms with E-state index in [0.717, 1.165) is 5.56 Å². The molecule has 0 unspecified atom stereocenters. The van der Waals surface area contributed by atoms with Crippen molar-refractivity contribution >= 4 is 5.84 Å². The minimum atomic E-state index is 0.0576. The van der Waals surface area contributed by atoms with Crippen LogP contribution in [0.2, 0.25) is 0 Å². The summed E-state index contributed by atoms with van der Waals surface area (Å²) in [5, 5.41) is 11.6. The lowest BCUT2D eigenvalue weighted by Gasteiger charge is -2.11. The summed E-state index contributed by atoms with van der Waals surface area (Å²) >= 11 is 0. The molecule has 1 rings (SSSR count). The fourth-order valence-corrected chi connectivity index (χ4v) is 1.33. The zero-order valence-electron chi connectivity index (χ0n) is 9.19. The van der Waals surface area contributed by atoms with Crippen LogP contribution in [0, 0.1) is 0 Å². The summed E-state index contributed by atoms with van der Waals surface area (Å²) in [6.45, 7) is 4.19. The molecule has 4 heteroatoms. The Labute approximate surface area is 89.4 Å². The third-order valence-corrected chi connectivity index (χ3v) is 2.28. The van der Waals surface area contributed by atoms with E-state index in [0.29, 0.717) is 17.2 Å². The molecule has 0 aliphatic carbocycles. The molecule has 82 valence electrons. The number of methoxy groups -OCH3 is 1. The second kappa shape index (κ2) is 4.68. The number of nitrogens with zero attached hydrogens (tertiary/aromatic N) is 1. The molecule has 0 heterocycles. The Balaban J connectivity index is 3.21. The van der Waals surface area contributed by atoms with Crippen LogP contribution in [0.5, 0.6) is 5.75 Å². The first-order chi connectivity index (χ1) is 7.10. The molecule has 0 atom stereocenters. The van der Waals surface area contributed by atoms with E-state index in [2.05, 4.69) is 19.0 Å². The average Bonchev–Trinajstić information content (AvgIpc) is 2.27. The summed E-state index contributed by atoms with van der Waals surface area (Å²) in [7, 11) is 1.56. The summed E-state index contributed by atoms with van der Waals surface area (Å²) < 4.78 is 5.19. The quantitative estimate of drug-likeness (QED) is 0.345. The van der Waals surface area contributed by atoms with Crippen LogP contribution in [0.15, 0.2) is 23.4 Å². The number of nitrogens with two attached hydrogens (primary N) is 1. The second-order valence-corrected chi connectivity index (χ2v) is 3.60. The number of rotatable bonds is 3. The van der Waals surface area contributed by atoms with E-state index >= 15 is 0 Å². The molecule has 0 aromatic heterocycles. The molecule has 0 fully saturated rings. The Kier molecular flexibility index (Phi) is 3.55. The molecule has 4 nitrogen and oxygen atoms in total. The smallest absolute Gasteiger partial charge is 0.173 e. The first kappa shape index (κ1) is 11.4. The van der Waals surface area contributed by atoms with Gasteiger partial charge in [-0.15, -0.1) is 0 Å². The SMILES string of the molecule is COc1cc(C(C)C)ccc1/C(N)=N/O. The van der Waals surface area contributed by atoms with Crippen LogP contribution in [0.1, 0.15) is 30.9 Å². The Morgan fingerprint density at radius 1 is 1.47 bits per heavy atom. The van der Waals surface area contributed by atoms with Crippen LogP contribution in [-0.2, 0) is 0 Å². The van der Waals surface area contributed by atoms with Gasteiger partial charge in [-0.3, -0.25) is 0 Å². The van der Waals surface area contributed by atoms with E-state index in [1.165, 1.54) is 0 Å². The van der Waals surface area contributed by atoms with Crippen molar-refractivity contribution in [1.29, 1.82) is 0 Å². The first-order valence-corrected chi connectivity index (χ1v) is 4.76. The van der Waals surface area contributed by atoms with Gasteiger partial charge in [0.25, 0.3) is 0 Å². The number of benzene rings is 1. The van der Waals surface area contributed by atoms with Crippen molar-refractivity contribution in [2.45, 2.75) is 19.8 Å². The monoisotopic (exact) mass is 208 g/mol. The molecule has 0 spiro atoms. The van der Waals surface area contributed by atoms with Crippen LogP contribution in [0.4, 0.5) is 0 Å². The largest absolute Gasteiger partial charge is 0.496 e. The maximum absolute atomic E-state index is 8.59. The highest BCUT2D eigenvalue weighted by molar-refractivity contribution is 5.99. The molecule has 0 aliphatic rings. The van der Waals surface area contributed by atoms with Gasteiger partial charge in [0.15, 0.2) is 5.84 Å². The maximum atomic E-state index is 8.59. The summed E-state index contributed by atoms with van der Waals surface area (Å²) in [5.41, 5.74) is 7.27. The van der Waals surface area contributed by atoms with Gasteiger partial charge in [0, 0.05) is 0 Å². The first-order valence-electron chi connectivity index (χ1n) is 4.76. The van der Waals surface area contributed by atoms with E-state index in [1.807, 2.05) is 12.1 Å². The maximum Gasteiger partial charge on any atom is 0.173 e. The molecule has 1 aromatic carbocycles. The van der Waals surface area contributed by atoms with Gasteiger partial charge < -0.3 is 15.7 Å². The molecule has 1 aromatic rings. The number of amidine groups is 1. The molecular formula is C11H16N2O2. The van der Waals surface area contributed by atoms with Gasteiger partial charge in [-0.2, -0.15) is 0 Å². The van der Waals surface area contributed by atoms with Crippen LogP contribution in [-0.4, -0.2) is 18.2 Å². The van der Waals surface area contributed by atoms with Gasteiger partial charge in [-0.1, -0.05) is 25.1 Å². The van der Waals surface area contributed by atoms with Crippen LogP contribution in [0.3, 0.4) is 0 Å². The fourth-order valence-electron chi connectivity index (χ4n) is 1.33. The van der Waals surface area contributed by atoms with Gasteiger partial charge in [-0.05, 0) is 23.6 Å². The third kappa shape index (κ3) is 2.40. The Morgan fingerprint density at radius 3 is 2.60 bits per heavy atom. The predicted octanol–water partition coefficient (Wildman–Crippen LogP) is 1.91. The van der Waals surface area contributed by atoms with E-state index < -0.39 is 0 Å². The zero-order chi connectivity index (χ0) is 11.4. The van der Waals surface area contributed by atoms with Gasteiger partial charge in [0.05, 0.1) is 12.7 Å². The molecule has 3 N–H and O–H groups in total. The van der Waals surface area contributed by atoms with Crippen LogP contribution in [0.25, 0.3) is 0 Å². The summed E-state index contributed by atoms with van der Waals surface area (Å²) in [4.78, 5) is 0. The molecule has 0 bridgehead atoms. The van der Waals surface area contributed by atoms with Gasteiger partial charge in [0.2, 0.25) is 0 Å². The number of oxime groups is 1.